The second kappa shape index (κ2) is 8.15. The summed E-state index contributed by atoms with van der Waals surface area (Å²) in [6.45, 7) is 7.69. The Morgan fingerprint density at radius 3 is 2.37 bits per heavy atom. The fraction of sp³-hybridized carbons (Fsp3) is 0.238. The van der Waals surface area contributed by atoms with Gasteiger partial charge in [0.15, 0.2) is 5.13 Å². The number of phenolic OH excluding ortho intramolecular Hbond substituents is 1. The molecule has 0 saturated heterocycles. The number of hydrogen-bond donors (Lipinski definition) is 1. The number of thiazole rings is 1. The first-order chi connectivity index (χ1) is 12.8. The SMILES string of the molecule is CC(=O)N(c1nc(CSc2ccc(O)cc2)cs1)c1c(C)cc(C)cc1C. The topological polar surface area (TPSA) is 53.4 Å². The van der Waals surface area contributed by atoms with Gasteiger partial charge in [-0.05, 0) is 56.2 Å². The molecule has 1 N–H and O–H groups in total. The van der Waals surface area contributed by atoms with Crippen LogP contribution in [-0.4, -0.2) is 16.0 Å². The second-order valence-electron chi connectivity index (χ2n) is 6.51. The monoisotopic (exact) mass is 398 g/mol. The lowest BCUT2D eigenvalue weighted by molar-refractivity contribution is -0.115. The molecule has 140 valence electrons. The van der Waals surface area contributed by atoms with Crippen molar-refractivity contribution < 1.29 is 9.90 Å². The van der Waals surface area contributed by atoms with E-state index in [0.29, 0.717) is 10.9 Å². The summed E-state index contributed by atoms with van der Waals surface area (Å²) < 4.78 is 0. The van der Waals surface area contributed by atoms with E-state index in [1.54, 1.807) is 35.7 Å². The number of aromatic hydroxyl groups is 1. The maximum absolute atomic E-state index is 12.4. The van der Waals surface area contributed by atoms with Gasteiger partial charge in [-0.25, -0.2) is 4.98 Å². The number of rotatable bonds is 5. The van der Waals surface area contributed by atoms with Gasteiger partial charge in [0.1, 0.15) is 5.75 Å². The van der Waals surface area contributed by atoms with Crippen LogP contribution in [0.5, 0.6) is 5.75 Å². The first-order valence-electron chi connectivity index (χ1n) is 8.60. The molecule has 1 amide bonds. The molecule has 0 aliphatic rings. The maximum Gasteiger partial charge on any atom is 0.230 e. The average molecular weight is 399 g/mol. The van der Waals surface area contributed by atoms with Crippen molar-refractivity contribution in [1.29, 1.82) is 0 Å². The quantitative estimate of drug-likeness (QED) is 0.556. The molecule has 3 rings (SSSR count). The zero-order chi connectivity index (χ0) is 19.6. The van der Waals surface area contributed by atoms with Gasteiger partial charge in [-0.1, -0.05) is 17.7 Å². The van der Waals surface area contributed by atoms with Crippen LogP contribution in [-0.2, 0) is 10.5 Å². The number of nitrogens with zero attached hydrogens (tertiary/aromatic N) is 2. The van der Waals surface area contributed by atoms with E-state index in [4.69, 9.17) is 4.98 Å². The Bertz CT molecular complexity index is 942. The Balaban J connectivity index is 1.84. The van der Waals surface area contributed by atoms with Crippen LogP contribution in [0.15, 0.2) is 46.7 Å². The highest BCUT2D eigenvalue weighted by molar-refractivity contribution is 7.98. The van der Waals surface area contributed by atoms with Crippen LogP contribution in [0.25, 0.3) is 0 Å². The second-order valence-corrected chi connectivity index (χ2v) is 8.39. The molecule has 0 atom stereocenters. The summed E-state index contributed by atoms with van der Waals surface area (Å²) in [6, 6.07) is 11.3. The average Bonchev–Trinajstić information content (AvgIpc) is 3.05. The molecule has 0 aliphatic heterocycles. The van der Waals surface area contributed by atoms with E-state index in [1.165, 1.54) is 16.9 Å². The molecule has 2 aromatic carbocycles. The molecule has 0 spiro atoms. The molecule has 1 aromatic heterocycles. The minimum atomic E-state index is -0.0443. The molecule has 0 unspecified atom stereocenters. The van der Waals surface area contributed by atoms with Crippen molar-refractivity contribution in [3.05, 3.63) is 64.2 Å². The van der Waals surface area contributed by atoms with E-state index in [0.717, 1.165) is 27.4 Å². The van der Waals surface area contributed by atoms with Gasteiger partial charge in [-0.3, -0.25) is 9.69 Å². The fourth-order valence-electron chi connectivity index (χ4n) is 3.08. The normalized spacial score (nSPS) is 10.8. The first-order valence-corrected chi connectivity index (χ1v) is 10.5. The highest BCUT2D eigenvalue weighted by Gasteiger charge is 2.21. The van der Waals surface area contributed by atoms with Crippen LogP contribution >= 0.6 is 23.1 Å². The minimum Gasteiger partial charge on any atom is -0.508 e. The summed E-state index contributed by atoms with van der Waals surface area (Å²) in [5, 5.41) is 12.1. The highest BCUT2D eigenvalue weighted by atomic mass is 32.2. The molecule has 0 saturated carbocycles. The number of carbonyl (C=O) groups is 1. The van der Waals surface area contributed by atoms with Gasteiger partial charge >= 0.3 is 0 Å². The Morgan fingerprint density at radius 1 is 1.15 bits per heavy atom. The van der Waals surface area contributed by atoms with Gasteiger partial charge in [0.05, 0.1) is 11.4 Å². The number of benzene rings is 2. The van der Waals surface area contributed by atoms with Crippen LogP contribution in [0, 0.1) is 20.8 Å². The molecule has 0 bridgehead atoms. The Morgan fingerprint density at radius 2 is 1.78 bits per heavy atom. The van der Waals surface area contributed by atoms with E-state index in [1.807, 2.05) is 31.4 Å². The van der Waals surface area contributed by atoms with E-state index >= 15 is 0 Å². The summed E-state index contributed by atoms with van der Waals surface area (Å²) in [6.07, 6.45) is 0. The standard InChI is InChI=1S/C21H22N2O2S2/c1-13-9-14(2)20(15(3)10-13)23(16(4)24)21-22-17(12-27-21)11-26-19-7-5-18(25)6-8-19/h5-10,12,25H,11H2,1-4H3. The zero-order valence-corrected chi connectivity index (χ0v) is 17.4. The van der Waals surface area contributed by atoms with Crippen LogP contribution < -0.4 is 4.90 Å². The van der Waals surface area contributed by atoms with Crippen LogP contribution in [0.1, 0.15) is 29.3 Å². The van der Waals surface area contributed by atoms with E-state index < -0.39 is 0 Å². The Labute approximate surface area is 167 Å². The Kier molecular flexibility index (Phi) is 5.87. The third-order valence-corrected chi connectivity index (χ3v) is 6.05. The van der Waals surface area contributed by atoms with Crippen molar-refractivity contribution in [3.63, 3.8) is 0 Å². The number of thioether (sulfide) groups is 1. The lowest BCUT2D eigenvalue weighted by Gasteiger charge is -2.23. The van der Waals surface area contributed by atoms with Gasteiger partial charge in [-0.2, -0.15) is 0 Å². The lowest BCUT2D eigenvalue weighted by atomic mass is 10.0. The molecule has 0 fully saturated rings. The lowest BCUT2D eigenvalue weighted by Crippen LogP contribution is -2.24. The molecule has 6 heteroatoms. The van der Waals surface area contributed by atoms with Gasteiger partial charge in [0, 0.05) is 23.0 Å². The molecule has 1 heterocycles. The van der Waals surface area contributed by atoms with Crippen molar-refractivity contribution in [2.45, 2.75) is 38.3 Å². The first kappa shape index (κ1) is 19.5. The number of amides is 1. The molecule has 27 heavy (non-hydrogen) atoms. The van der Waals surface area contributed by atoms with Crippen molar-refractivity contribution in [2.24, 2.45) is 0 Å². The van der Waals surface area contributed by atoms with E-state index in [2.05, 4.69) is 19.1 Å². The number of carbonyl (C=O) groups excluding carboxylic acids is 1. The van der Waals surface area contributed by atoms with Crippen molar-refractivity contribution >= 4 is 39.8 Å². The number of anilines is 2. The van der Waals surface area contributed by atoms with Gasteiger partial charge in [0.2, 0.25) is 5.91 Å². The fourth-order valence-corrected chi connectivity index (χ4v) is 4.85. The summed E-state index contributed by atoms with van der Waals surface area (Å²) in [5.74, 6) is 0.923. The summed E-state index contributed by atoms with van der Waals surface area (Å²) in [5.41, 5.74) is 5.17. The molecular formula is C21H22N2O2S2. The van der Waals surface area contributed by atoms with Crippen LogP contribution in [0.3, 0.4) is 0 Å². The number of hydrogen-bond acceptors (Lipinski definition) is 5. The zero-order valence-electron chi connectivity index (χ0n) is 15.8. The number of aryl methyl sites for hydroxylation is 3. The number of aromatic nitrogens is 1. The largest absolute Gasteiger partial charge is 0.508 e. The van der Waals surface area contributed by atoms with Crippen LogP contribution in [0.4, 0.5) is 10.8 Å². The van der Waals surface area contributed by atoms with E-state index in [9.17, 15) is 9.90 Å². The van der Waals surface area contributed by atoms with Gasteiger partial charge in [0.25, 0.3) is 0 Å². The van der Waals surface area contributed by atoms with Crippen molar-refractivity contribution in [3.8, 4) is 5.75 Å². The number of phenols is 1. The van der Waals surface area contributed by atoms with Crippen LogP contribution in [0.2, 0.25) is 0 Å². The summed E-state index contributed by atoms with van der Waals surface area (Å²) in [7, 11) is 0. The van der Waals surface area contributed by atoms with Gasteiger partial charge < -0.3 is 5.11 Å². The third-order valence-electron chi connectivity index (χ3n) is 4.13. The maximum atomic E-state index is 12.4. The predicted octanol–water partition coefficient (Wildman–Crippen LogP) is 5.75. The molecule has 3 aromatic rings. The molecule has 4 nitrogen and oxygen atoms in total. The molecule has 0 radical (unpaired) electrons. The minimum absolute atomic E-state index is 0.0443. The summed E-state index contributed by atoms with van der Waals surface area (Å²) in [4.78, 5) is 19.9. The third kappa shape index (κ3) is 4.51. The highest BCUT2D eigenvalue weighted by Crippen LogP contribution is 2.35. The smallest absolute Gasteiger partial charge is 0.230 e. The molecular weight excluding hydrogens is 376 g/mol. The Hall–Kier alpha value is -2.31. The molecule has 0 aliphatic carbocycles. The van der Waals surface area contributed by atoms with Crippen molar-refractivity contribution in [1.82, 2.24) is 4.98 Å². The van der Waals surface area contributed by atoms with E-state index in [-0.39, 0.29) is 11.7 Å². The van der Waals surface area contributed by atoms with Crippen molar-refractivity contribution in [2.75, 3.05) is 4.90 Å². The predicted molar refractivity (Wildman–Crippen MR) is 113 cm³/mol. The summed E-state index contributed by atoms with van der Waals surface area (Å²) >= 11 is 3.13. The van der Waals surface area contributed by atoms with Gasteiger partial charge in [-0.15, -0.1) is 23.1 Å².